The van der Waals surface area contributed by atoms with Gasteiger partial charge in [-0.2, -0.15) is 0 Å². The largest absolute Gasteiger partial charge is 0.382 e. The van der Waals surface area contributed by atoms with Crippen LogP contribution >= 0.6 is 7.60 Å². The van der Waals surface area contributed by atoms with Crippen molar-refractivity contribution in [1.29, 1.82) is 0 Å². The molecule has 0 aliphatic carbocycles. The first-order valence-corrected chi connectivity index (χ1v) is 8.43. The molecule has 0 fully saturated rings. The molecule has 0 aromatic rings. The van der Waals surface area contributed by atoms with Gasteiger partial charge >= 0.3 is 7.60 Å². The Bertz CT molecular complexity index is 337. The molecule has 0 aromatic carbocycles. The third kappa shape index (κ3) is 6.53. The average Bonchev–Trinajstić information content (AvgIpc) is 2.35. The van der Waals surface area contributed by atoms with Gasteiger partial charge in [-0.25, -0.2) is 0 Å². The van der Waals surface area contributed by atoms with Gasteiger partial charge in [-0.15, -0.1) is 0 Å². The van der Waals surface area contributed by atoms with Crippen molar-refractivity contribution in [3.63, 3.8) is 0 Å². The van der Waals surface area contributed by atoms with Crippen LogP contribution in [0.2, 0.25) is 0 Å². The maximum absolute atomic E-state index is 12.5. The van der Waals surface area contributed by atoms with Crippen molar-refractivity contribution in [2.24, 2.45) is 0 Å². The van der Waals surface area contributed by atoms with Crippen LogP contribution in [0.15, 0.2) is 24.0 Å². The summed E-state index contributed by atoms with van der Waals surface area (Å²) < 4.78 is 22.9. The van der Waals surface area contributed by atoms with Gasteiger partial charge in [-0.1, -0.05) is 26.0 Å². The van der Waals surface area contributed by atoms with Crippen molar-refractivity contribution in [3.8, 4) is 0 Å². The van der Waals surface area contributed by atoms with Crippen LogP contribution in [0.5, 0.6) is 0 Å². The Morgan fingerprint density at radius 1 is 1.32 bits per heavy atom. The molecule has 0 radical (unpaired) electrons. The zero-order chi connectivity index (χ0) is 14.9. The van der Waals surface area contributed by atoms with Crippen LogP contribution in [-0.4, -0.2) is 23.9 Å². The van der Waals surface area contributed by atoms with E-state index < -0.39 is 13.2 Å². The predicted octanol–water partition coefficient (Wildman–Crippen LogP) is 4.26. The molecule has 0 saturated carbocycles. The molecule has 0 aliphatic heterocycles. The zero-order valence-corrected chi connectivity index (χ0v) is 13.4. The summed E-state index contributed by atoms with van der Waals surface area (Å²) in [4.78, 5) is 0. The van der Waals surface area contributed by atoms with Gasteiger partial charge in [0.1, 0.15) is 5.60 Å². The molecule has 0 rings (SSSR count). The molecular formula is C14H27O4P. The molecular weight excluding hydrogens is 263 g/mol. The van der Waals surface area contributed by atoms with Crippen molar-refractivity contribution in [1.82, 2.24) is 0 Å². The van der Waals surface area contributed by atoms with Gasteiger partial charge in [0, 0.05) is 5.82 Å². The van der Waals surface area contributed by atoms with Crippen LogP contribution in [0, 0.1) is 0 Å². The fraction of sp³-hybridized carbons (Fsp3) is 0.714. The summed E-state index contributed by atoms with van der Waals surface area (Å²) in [7, 11) is -3.30. The van der Waals surface area contributed by atoms with Gasteiger partial charge in [0.05, 0.1) is 13.2 Å². The molecule has 1 unspecified atom stereocenters. The Morgan fingerprint density at radius 2 is 1.84 bits per heavy atom. The van der Waals surface area contributed by atoms with Crippen LogP contribution in [-0.2, 0) is 13.6 Å². The first-order valence-electron chi connectivity index (χ1n) is 6.82. The maximum Gasteiger partial charge on any atom is 0.354 e. The lowest BCUT2D eigenvalue weighted by Crippen LogP contribution is -2.23. The second-order valence-corrected chi connectivity index (χ2v) is 6.34. The molecule has 0 spiro atoms. The van der Waals surface area contributed by atoms with E-state index in [0.29, 0.717) is 25.2 Å². The lowest BCUT2D eigenvalue weighted by atomic mass is 9.93. The molecule has 1 N–H and O–H groups in total. The van der Waals surface area contributed by atoms with Crippen molar-refractivity contribution in [2.75, 3.05) is 13.2 Å². The highest BCUT2D eigenvalue weighted by Gasteiger charge is 2.28. The Balaban J connectivity index is 5.35. The minimum Gasteiger partial charge on any atom is -0.382 e. The van der Waals surface area contributed by atoms with Crippen LogP contribution in [0.25, 0.3) is 0 Å². The minimum absolute atomic E-state index is 0.297. The number of aliphatic hydroxyl groups is 1. The van der Waals surface area contributed by atoms with E-state index in [4.69, 9.17) is 9.05 Å². The second-order valence-electron chi connectivity index (χ2n) is 4.48. The number of hydrogen-bond donors (Lipinski definition) is 1. The molecule has 0 heterocycles. The molecule has 4 nitrogen and oxygen atoms in total. The van der Waals surface area contributed by atoms with E-state index in [0.717, 1.165) is 12.8 Å². The molecule has 0 aliphatic rings. The van der Waals surface area contributed by atoms with E-state index >= 15 is 0 Å². The topological polar surface area (TPSA) is 55.8 Å². The first-order chi connectivity index (χ1) is 8.85. The lowest BCUT2D eigenvalue weighted by molar-refractivity contribution is 0.146. The van der Waals surface area contributed by atoms with Crippen LogP contribution in [0.3, 0.4) is 0 Å². The molecule has 5 heteroatoms. The summed E-state index contributed by atoms with van der Waals surface area (Å²) in [6, 6.07) is 0. The highest BCUT2D eigenvalue weighted by Crippen LogP contribution is 2.52. The highest BCUT2D eigenvalue weighted by atomic mass is 31.2. The molecule has 19 heavy (non-hydrogen) atoms. The summed E-state index contributed by atoms with van der Waals surface area (Å²) >= 11 is 0. The van der Waals surface area contributed by atoms with Crippen LogP contribution in [0.1, 0.15) is 47.0 Å². The van der Waals surface area contributed by atoms with Crippen LogP contribution in [0.4, 0.5) is 0 Å². The number of unbranched alkanes of at least 4 members (excludes halogenated alkanes) is 1. The molecule has 0 bridgehead atoms. The quantitative estimate of drug-likeness (QED) is 0.482. The Morgan fingerprint density at radius 3 is 2.21 bits per heavy atom. The van der Waals surface area contributed by atoms with E-state index in [1.54, 1.807) is 20.8 Å². The van der Waals surface area contributed by atoms with E-state index in [-0.39, 0.29) is 0 Å². The Kier molecular flexibility index (Phi) is 8.51. The summed E-state index contributed by atoms with van der Waals surface area (Å²) in [5.74, 6) is 1.46. The van der Waals surface area contributed by atoms with Gasteiger partial charge < -0.3 is 14.2 Å². The van der Waals surface area contributed by atoms with Crippen LogP contribution < -0.4 is 0 Å². The standard InChI is InChI=1S/C14H27O4P/c1-6-10-11-13(14(5,15)7-2)12-19(16,17-8-3)18-9-4/h7,12,15H,2,6,8-11H2,1,3-5H3/b13-12+. The molecule has 1 atom stereocenters. The molecule has 112 valence electrons. The van der Waals surface area contributed by atoms with E-state index in [1.165, 1.54) is 11.9 Å². The number of hydrogen-bond acceptors (Lipinski definition) is 4. The van der Waals surface area contributed by atoms with Gasteiger partial charge in [0.2, 0.25) is 0 Å². The van der Waals surface area contributed by atoms with Gasteiger partial charge in [0.15, 0.2) is 0 Å². The maximum atomic E-state index is 12.5. The summed E-state index contributed by atoms with van der Waals surface area (Å²) in [5.41, 5.74) is -0.562. The van der Waals surface area contributed by atoms with Gasteiger partial charge in [-0.05, 0) is 39.2 Å². The molecule has 0 aromatic heterocycles. The smallest absolute Gasteiger partial charge is 0.354 e. The normalized spacial score (nSPS) is 16.2. The van der Waals surface area contributed by atoms with E-state index in [1.807, 2.05) is 0 Å². The summed E-state index contributed by atoms with van der Waals surface area (Å²) in [6.07, 6.45) is 3.96. The Hall–Kier alpha value is -0.410. The van der Waals surface area contributed by atoms with E-state index in [9.17, 15) is 9.67 Å². The van der Waals surface area contributed by atoms with Crippen molar-refractivity contribution < 1.29 is 18.7 Å². The van der Waals surface area contributed by atoms with Gasteiger partial charge in [-0.3, -0.25) is 4.57 Å². The van der Waals surface area contributed by atoms with Crippen molar-refractivity contribution in [2.45, 2.75) is 52.6 Å². The minimum atomic E-state index is -3.30. The van der Waals surface area contributed by atoms with Crippen molar-refractivity contribution in [3.05, 3.63) is 24.0 Å². The third-order valence-corrected chi connectivity index (χ3v) is 4.64. The first kappa shape index (κ1) is 18.6. The van der Waals surface area contributed by atoms with Gasteiger partial charge in [0.25, 0.3) is 0 Å². The molecule has 0 amide bonds. The fourth-order valence-corrected chi connectivity index (χ4v) is 3.32. The van der Waals surface area contributed by atoms with Crippen molar-refractivity contribution >= 4 is 7.60 Å². The number of rotatable bonds is 10. The summed E-state index contributed by atoms with van der Waals surface area (Å²) in [5, 5.41) is 10.3. The highest BCUT2D eigenvalue weighted by molar-refractivity contribution is 7.57. The predicted molar refractivity (Wildman–Crippen MR) is 79.3 cm³/mol. The lowest BCUT2D eigenvalue weighted by Gasteiger charge is -2.25. The fourth-order valence-electron chi connectivity index (χ4n) is 1.61. The average molecular weight is 290 g/mol. The Labute approximate surface area is 117 Å². The molecule has 0 saturated heterocycles. The SMILES string of the molecule is C=CC(C)(O)/C(=C/P(=O)(OCC)OCC)CCCC. The zero-order valence-electron chi connectivity index (χ0n) is 12.5. The van der Waals surface area contributed by atoms with E-state index in [2.05, 4.69) is 13.5 Å². The summed E-state index contributed by atoms with van der Waals surface area (Å²) in [6.45, 7) is 11.4. The second kappa shape index (κ2) is 8.70. The monoisotopic (exact) mass is 290 g/mol. The third-order valence-electron chi connectivity index (χ3n) is 2.78.